The van der Waals surface area contributed by atoms with Crippen molar-refractivity contribution in [2.45, 2.75) is 26.3 Å². The van der Waals surface area contributed by atoms with Gasteiger partial charge in [0.05, 0.1) is 23.9 Å². The molecule has 0 aliphatic carbocycles. The van der Waals surface area contributed by atoms with Crippen molar-refractivity contribution in [1.82, 2.24) is 9.78 Å². The number of Topliss-reactive ketones (excluding diaryl/α,β-unsaturated/α-hetero) is 1. The van der Waals surface area contributed by atoms with Gasteiger partial charge in [-0.25, -0.2) is 0 Å². The second kappa shape index (κ2) is 9.84. The van der Waals surface area contributed by atoms with Crippen molar-refractivity contribution in [2.75, 3.05) is 17.7 Å². The molecule has 0 radical (unpaired) electrons. The fourth-order valence-electron chi connectivity index (χ4n) is 2.69. The van der Waals surface area contributed by atoms with Crippen molar-refractivity contribution in [1.29, 1.82) is 0 Å². The van der Waals surface area contributed by atoms with Crippen molar-refractivity contribution < 1.29 is 19.1 Å². The number of amides is 2. The van der Waals surface area contributed by atoms with Gasteiger partial charge in [-0.15, -0.1) is 11.3 Å². The van der Waals surface area contributed by atoms with Crippen molar-refractivity contribution in [2.24, 2.45) is 0 Å². The molecule has 2 aromatic heterocycles. The zero-order valence-corrected chi connectivity index (χ0v) is 17.5. The number of carbonyl (C=O) groups is 3. The summed E-state index contributed by atoms with van der Waals surface area (Å²) in [4.78, 5) is 38.1. The third-order valence-electron chi connectivity index (χ3n) is 4.19. The molecule has 0 spiro atoms. The van der Waals surface area contributed by atoms with E-state index < -0.39 is 0 Å². The van der Waals surface area contributed by atoms with Crippen molar-refractivity contribution in [3.8, 4) is 5.75 Å². The molecule has 3 rings (SSSR count). The Kier molecular flexibility index (Phi) is 6.97. The molecule has 0 fully saturated rings. The SMILES string of the molecule is COc1ccc(NC(=O)Cn2cc(NC(=O)CCC(=O)c3ccc(C)s3)cn2)cc1. The highest BCUT2D eigenvalue weighted by atomic mass is 32.1. The number of rotatable bonds is 9. The van der Waals surface area contributed by atoms with E-state index in [2.05, 4.69) is 15.7 Å². The number of methoxy groups -OCH3 is 1. The molecule has 8 nitrogen and oxygen atoms in total. The van der Waals surface area contributed by atoms with Crippen LogP contribution >= 0.6 is 11.3 Å². The molecule has 1 aromatic carbocycles. The maximum absolute atomic E-state index is 12.2. The second-order valence-electron chi connectivity index (χ2n) is 6.58. The van der Waals surface area contributed by atoms with E-state index in [9.17, 15) is 14.4 Å². The van der Waals surface area contributed by atoms with Crippen LogP contribution in [0, 0.1) is 6.92 Å². The number of hydrogen-bond donors (Lipinski definition) is 2. The van der Waals surface area contributed by atoms with Crippen LogP contribution in [0.25, 0.3) is 0 Å². The maximum atomic E-state index is 12.2. The lowest BCUT2D eigenvalue weighted by molar-refractivity contribution is -0.117. The van der Waals surface area contributed by atoms with Crippen LogP contribution in [0.1, 0.15) is 27.4 Å². The van der Waals surface area contributed by atoms with Gasteiger partial charge in [0.25, 0.3) is 0 Å². The molecule has 0 aliphatic rings. The van der Waals surface area contributed by atoms with Crippen LogP contribution in [0.2, 0.25) is 0 Å². The smallest absolute Gasteiger partial charge is 0.246 e. The number of ether oxygens (including phenoxy) is 1. The van der Waals surface area contributed by atoms with Gasteiger partial charge >= 0.3 is 0 Å². The van der Waals surface area contributed by atoms with Gasteiger partial charge in [0.2, 0.25) is 11.8 Å². The van der Waals surface area contributed by atoms with E-state index in [1.165, 1.54) is 22.2 Å². The van der Waals surface area contributed by atoms with Crippen LogP contribution in [0.5, 0.6) is 5.75 Å². The summed E-state index contributed by atoms with van der Waals surface area (Å²) >= 11 is 1.42. The summed E-state index contributed by atoms with van der Waals surface area (Å²) in [6.45, 7) is 1.93. The minimum absolute atomic E-state index is 0.00187. The number of aromatic nitrogens is 2. The Bertz CT molecular complexity index is 1040. The van der Waals surface area contributed by atoms with Crippen LogP contribution in [0.3, 0.4) is 0 Å². The summed E-state index contributed by atoms with van der Waals surface area (Å²) in [5.41, 5.74) is 1.11. The molecule has 2 heterocycles. The number of carbonyl (C=O) groups excluding carboxylic acids is 3. The van der Waals surface area contributed by atoms with Gasteiger partial charge in [-0.05, 0) is 43.3 Å². The Labute approximate surface area is 177 Å². The number of aryl methyl sites for hydroxylation is 1. The average molecular weight is 426 g/mol. The predicted octanol–water partition coefficient (Wildman–Crippen LogP) is 3.50. The van der Waals surface area contributed by atoms with Gasteiger partial charge in [0.1, 0.15) is 12.3 Å². The zero-order valence-electron chi connectivity index (χ0n) is 16.7. The minimum atomic E-state index is -0.279. The molecule has 0 aliphatic heterocycles. The highest BCUT2D eigenvalue weighted by Crippen LogP contribution is 2.18. The lowest BCUT2D eigenvalue weighted by Crippen LogP contribution is -2.19. The topological polar surface area (TPSA) is 102 Å². The lowest BCUT2D eigenvalue weighted by Gasteiger charge is -2.06. The van der Waals surface area contributed by atoms with E-state index in [1.807, 2.05) is 13.0 Å². The quantitative estimate of drug-likeness (QED) is 0.510. The molecule has 30 heavy (non-hydrogen) atoms. The molecular formula is C21H22N4O4S. The second-order valence-corrected chi connectivity index (χ2v) is 7.87. The third-order valence-corrected chi connectivity index (χ3v) is 5.23. The number of thiophene rings is 1. The fraction of sp³-hybridized carbons (Fsp3) is 0.238. The van der Waals surface area contributed by atoms with Crippen molar-refractivity contribution >= 4 is 40.3 Å². The molecule has 0 atom stereocenters. The molecule has 2 N–H and O–H groups in total. The number of nitrogens with zero attached hydrogens (tertiary/aromatic N) is 2. The van der Waals surface area contributed by atoms with E-state index in [4.69, 9.17) is 4.74 Å². The van der Waals surface area contributed by atoms with Crippen LogP contribution in [-0.4, -0.2) is 34.5 Å². The Morgan fingerprint density at radius 1 is 1.00 bits per heavy atom. The van der Waals surface area contributed by atoms with Gasteiger partial charge in [0, 0.05) is 29.6 Å². The molecule has 0 unspecified atom stereocenters. The summed E-state index contributed by atoms with van der Waals surface area (Å²) < 4.78 is 6.50. The third kappa shape index (κ3) is 6.02. The van der Waals surface area contributed by atoms with E-state index >= 15 is 0 Å². The predicted molar refractivity (Wildman–Crippen MR) is 115 cm³/mol. The van der Waals surface area contributed by atoms with Crippen LogP contribution in [0.4, 0.5) is 11.4 Å². The van der Waals surface area contributed by atoms with Crippen LogP contribution < -0.4 is 15.4 Å². The van der Waals surface area contributed by atoms with Gasteiger partial charge in [-0.3, -0.25) is 19.1 Å². The summed E-state index contributed by atoms with van der Waals surface area (Å²) in [5.74, 6) is 0.124. The monoisotopic (exact) mass is 426 g/mol. The fourth-order valence-corrected chi connectivity index (χ4v) is 3.53. The van der Waals surface area contributed by atoms with Gasteiger partial charge in [-0.2, -0.15) is 5.10 Å². The molecule has 0 saturated heterocycles. The van der Waals surface area contributed by atoms with Crippen molar-refractivity contribution in [3.05, 3.63) is 58.5 Å². The first-order valence-corrected chi connectivity index (χ1v) is 10.1. The first kappa shape index (κ1) is 21.3. The van der Waals surface area contributed by atoms with Gasteiger partial charge < -0.3 is 15.4 Å². The van der Waals surface area contributed by atoms with Gasteiger partial charge in [-0.1, -0.05) is 0 Å². The van der Waals surface area contributed by atoms with Gasteiger partial charge in [0.15, 0.2) is 5.78 Å². The van der Waals surface area contributed by atoms with E-state index in [0.717, 1.165) is 4.88 Å². The van der Waals surface area contributed by atoms with E-state index in [1.54, 1.807) is 43.6 Å². The highest BCUT2D eigenvalue weighted by molar-refractivity contribution is 7.14. The zero-order chi connectivity index (χ0) is 21.5. The highest BCUT2D eigenvalue weighted by Gasteiger charge is 2.12. The molecule has 3 aromatic rings. The molecule has 156 valence electrons. The van der Waals surface area contributed by atoms with Crippen molar-refractivity contribution in [3.63, 3.8) is 0 Å². The summed E-state index contributed by atoms with van der Waals surface area (Å²) in [6.07, 6.45) is 3.25. The van der Waals surface area contributed by atoms with Crippen LogP contribution in [0.15, 0.2) is 48.8 Å². The molecule has 0 bridgehead atoms. The summed E-state index contributed by atoms with van der Waals surface area (Å²) in [6, 6.07) is 10.6. The number of ketones is 1. The summed E-state index contributed by atoms with van der Waals surface area (Å²) in [7, 11) is 1.57. The Morgan fingerprint density at radius 3 is 2.40 bits per heavy atom. The largest absolute Gasteiger partial charge is 0.497 e. The molecule has 9 heteroatoms. The number of nitrogens with one attached hydrogen (secondary N) is 2. The average Bonchev–Trinajstić information content (AvgIpc) is 3.35. The number of benzene rings is 1. The van der Waals surface area contributed by atoms with E-state index in [0.29, 0.717) is 22.0 Å². The Hall–Kier alpha value is -3.46. The first-order chi connectivity index (χ1) is 14.4. The Balaban J connectivity index is 1.45. The summed E-state index contributed by atoms with van der Waals surface area (Å²) in [5, 5.41) is 9.54. The Morgan fingerprint density at radius 2 is 1.73 bits per heavy atom. The first-order valence-electron chi connectivity index (χ1n) is 9.29. The van der Waals surface area contributed by atoms with E-state index in [-0.39, 0.29) is 37.0 Å². The molecule has 0 saturated carbocycles. The minimum Gasteiger partial charge on any atom is -0.497 e. The number of anilines is 2. The maximum Gasteiger partial charge on any atom is 0.246 e. The standard InChI is InChI=1S/C21H22N4O4S/c1-14-3-9-19(30-14)18(26)8-10-20(27)24-16-11-22-25(12-16)13-21(28)23-15-4-6-17(29-2)7-5-15/h3-7,9,11-12H,8,10,13H2,1-2H3,(H,23,28)(H,24,27). The molecular weight excluding hydrogens is 404 g/mol. The molecule has 2 amide bonds. The lowest BCUT2D eigenvalue weighted by atomic mass is 10.2. The normalized spacial score (nSPS) is 10.5. The van der Waals surface area contributed by atoms with Crippen LogP contribution in [-0.2, 0) is 16.1 Å². The number of hydrogen-bond acceptors (Lipinski definition) is 6.